The summed E-state index contributed by atoms with van der Waals surface area (Å²) in [6, 6.07) is 0. The lowest BCUT2D eigenvalue weighted by Crippen LogP contribution is -2.43. The van der Waals surface area contributed by atoms with E-state index in [-0.39, 0.29) is 0 Å². The zero-order valence-corrected chi connectivity index (χ0v) is 6.10. The maximum atomic E-state index is 11.2. The molecule has 0 radical (unpaired) electrons. The van der Waals surface area contributed by atoms with Gasteiger partial charge in [-0.2, -0.15) is 0 Å². The molecule has 1 aliphatic carbocycles. The van der Waals surface area contributed by atoms with Gasteiger partial charge in [0.1, 0.15) is 5.78 Å². The molecular weight excluding hydrogens is 126 g/mol. The smallest absolute Gasteiger partial charge is 0.137 e. The molecule has 0 amide bonds. The van der Waals surface area contributed by atoms with Crippen molar-refractivity contribution in [1.82, 2.24) is 5.32 Å². The minimum absolute atomic E-state index is 0.368. The number of hydrogen-bond donors (Lipinski definition) is 1. The van der Waals surface area contributed by atoms with E-state index in [1.807, 2.05) is 0 Å². The second-order valence-corrected chi connectivity index (χ2v) is 3.46. The van der Waals surface area contributed by atoms with Crippen LogP contribution in [0.15, 0.2) is 0 Å². The summed E-state index contributed by atoms with van der Waals surface area (Å²) in [7, 11) is 0. The quantitative estimate of drug-likeness (QED) is 0.531. The Morgan fingerprint density at radius 3 is 3.10 bits per heavy atom. The van der Waals surface area contributed by atoms with Crippen LogP contribution < -0.4 is 5.32 Å². The van der Waals surface area contributed by atoms with Gasteiger partial charge in [0, 0.05) is 18.9 Å². The fourth-order valence-electron chi connectivity index (χ4n) is 2.05. The van der Waals surface area contributed by atoms with E-state index < -0.39 is 0 Å². The van der Waals surface area contributed by atoms with Crippen molar-refractivity contribution in [3.8, 4) is 0 Å². The molecule has 2 rings (SSSR count). The zero-order valence-electron chi connectivity index (χ0n) is 6.10. The summed E-state index contributed by atoms with van der Waals surface area (Å²) < 4.78 is 0. The molecule has 0 aromatic carbocycles. The van der Waals surface area contributed by atoms with Gasteiger partial charge in [0.25, 0.3) is 0 Å². The summed E-state index contributed by atoms with van der Waals surface area (Å²) in [4.78, 5) is 11.2. The van der Waals surface area contributed by atoms with E-state index in [4.69, 9.17) is 0 Å². The van der Waals surface area contributed by atoms with Crippen LogP contribution in [0.4, 0.5) is 0 Å². The second-order valence-electron chi connectivity index (χ2n) is 3.46. The summed E-state index contributed by atoms with van der Waals surface area (Å²) in [5.74, 6) is 1.66. The van der Waals surface area contributed by atoms with Crippen LogP contribution >= 0.6 is 0 Å². The summed E-state index contributed by atoms with van der Waals surface area (Å²) in [5.41, 5.74) is 0. The molecule has 2 aliphatic rings. The van der Waals surface area contributed by atoms with Crippen LogP contribution in [0.25, 0.3) is 0 Å². The maximum absolute atomic E-state index is 11.2. The van der Waals surface area contributed by atoms with Crippen LogP contribution in [0.2, 0.25) is 0 Å². The van der Waals surface area contributed by atoms with Crippen molar-refractivity contribution < 1.29 is 4.79 Å². The molecule has 2 bridgehead atoms. The number of piperidine rings is 1. The average molecular weight is 139 g/mol. The number of nitrogens with one attached hydrogen (secondary N) is 1. The Balaban J connectivity index is 2.07. The van der Waals surface area contributed by atoms with Gasteiger partial charge in [-0.15, -0.1) is 0 Å². The first-order chi connectivity index (χ1) is 4.86. The van der Waals surface area contributed by atoms with Gasteiger partial charge in [0.15, 0.2) is 0 Å². The van der Waals surface area contributed by atoms with Gasteiger partial charge in [-0.1, -0.05) is 0 Å². The van der Waals surface area contributed by atoms with E-state index >= 15 is 0 Å². The van der Waals surface area contributed by atoms with Crippen molar-refractivity contribution >= 4 is 5.78 Å². The average Bonchev–Trinajstić information content (AvgIpc) is 1.99. The third kappa shape index (κ3) is 0.966. The molecule has 2 nitrogen and oxygen atoms in total. The monoisotopic (exact) mass is 139 g/mol. The fourth-order valence-corrected chi connectivity index (χ4v) is 2.05. The predicted molar refractivity (Wildman–Crippen MR) is 38.7 cm³/mol. The Labute approximate surface area is 61.0 Å². The first kappa shape index (κ1) is 6.35. The minimum atomic E-state index is 0.368. The van der Waals surface area contributed by atoms with Crippen LogP contribution in [-0.2, 0) is 4.79 Å². The molecule has 2 fully saturated rings. The van der Waals surface area contributed by atoms with Crippen LogP contribution in [0.1, 0.15) is 19.3 Å². The summed E-state index contributed by atoms with van der Waals surface area (Å²) in [5, 5.41) is 3.30. The van der Waals surface area contributed by atoms with E-state index in [1.165, 1.54) is 0 Å². The summed E-state index contributed by atoms with van der Waals surface area (Å²) in [6.45, 7) is 2.08. The van der Waals surface area contributed by atoms with Gasteiger partial charge < -0.3 is 5.32 Å². The Hall–Kier alpha value is -0.370. The van der Waals surface area contributed by atoms with Crippen LogP contribution in [0.5, 0.6) is 0 Å². The molecule has 1 heterocycles. The predicted octanol–water partition coefficient (Wildman–Crippen LogP) is 0.575. The third-order valence-electron chi connectivity index (χ3n) is 2.70. The normalized spacial score (nSPS) is 39.8. The van der Waals surface area contributed by atoms with Gasteiger partial charge >= 0.3 is 0 Å². The molecule has 0 aromatic rings. The van der Waals surface area contributed by atoms with E-state index in [2.05, 4.69) is 5.32 Å². The van der Waals surface area contributed by atoms with Gasteiger partial charge in [-0.25, -0.2) is 0 Å². The molecule has 2 atom stereocenters. The summed E-state index contributed by atoms with van der Waals surface area (Å²) in [6.07, 6.45) is 3.13. The second kappa shape index (κ2) is 2.35. The highest BCUT2D eigenvalue weighted by Crippen LogP contribution is 2.28. The molecule has 2 heteroatoms. The van der Waals surface area contributed by atoms with Gasteiger partial charge in [0.2, 0.25) is 0 Å². The highest BCUT2D eigenvalue weighted by atomic mass is 16.1. The fraction of sp³-hybridized carbons (Fsp3) is 0.875. The van der Waals surface area contributed by atoms with E-state index in [0.29, 0.717) is 11.7 Å². The Morgan fingerprint density at radius 1 is 1.40 bits per heavy atom. The highest BCUT2D eigenvalue weighted by molar-refractivity contribution is 5.82. The number of Topliss-reactive ketones (excluding diaryl/α,β-unsaturated/α-hetero) is 1. The molecule has 2 unspecified atom stereocenters. The van der Waals surface area contributed by atoms with E-state index in [1.54, 1.807) is 0 Å². The molecule has 1 N–H and O–H groups in total. The third-order valence-corrected chi connectivity index (χ3v) is 2.70. The summed E-state index contributed by atoms with van der Waals surface area (Å²) >= 11 is 0. The molecule has 1 saturated heterocycles. The van der Waals surface area contributed by atoms with Crippen molar-refractivity contribution in [3.05, 3.63) is 0 Å². The molecule has 1 saturated carbocycles. The number of hydrogen-bond acceptors (Lipinski definition) is 2. The van der Waals surface area contributed by atoms with Crippen LogP contribution in [0.3, 0.4) is 0 Å². The number of fused-ring (bicyclic) bond motifs is 2. The van der Waals surface area contributed by atoms with E-state index in [0.717, 1.165) is 38.3 Å². The van der Waals surface area contributed by atoms with Crippen molar-refractivity contribution in [2.45, 2.75) is 19.3 Å². The Bertz CT molecular complexity index is 155. The number of carbonyl (C=O) groups is 1. The lowest BCUT2D eigenvalue weighted by atomic mass is 9.78. The number of ketones is 1. The van der Waals surface area contributed by atoms with Gasteiger partial charge in [-0.3, -0.25) is 4.79 Å². The van der Waals surface area contributed by atoms with E-state index in [9.17, 15) is 4.79 Å². The Kier molecular flexibility index (Phi) is 1.49. The van der Waals surface area contributed by atoms with Crippen molar-refractivity contribution in [3.63, 3.8) is 0 Å². The molecule has 0 spiro atoms. The standard InChI is InChI=1S/C8H13NO/c10-8-2-1-6-3-7(8)5-9-4-6/h6-7,9H,1-5H2. The Morgan fingerprint density at radius 2 is 2.30 bits per heavy atom. The molecule has 10 heavy (non-hydrogen) atoms. The van der Waals surface area contributed by atoms with Gasteiger partial charge in [0.05, 0.1) is 0 Å². The first-order valence-electron chi connectivity index (χ1n) is 4.09. The minimum Gasteiger partial charge on any atom is -0.316 e. The van der Waals surface area contributed by atoms with Gasteiger partial charge in [-0.05, 0) is 25.3 Å². The van der Waals surface area contributed by atoms with Crippen LogP contribution in [-0.4, -0.2) is 18.9 Å². The van der Waals surface area contributed by atoms with Crippen molar-refractivity contribution in [1.29, 1.82) is 0 Å². The lowest BCUT2D eigenvalue weighted by Gasteiger charge is -2.33. The molecular formula is C8H13NO. The first-order valence-corrected chi connectivity index (χ1v) is 4.09. The van der Waals surface area contributed by atoms with Crippen molar-refractivity contribution in [2.24, 2.45) is 11.8 Å². The molecule has 0 aromatic heterocycles. The van der Waals surface area contributed by atoms with Crippen molar-refractivity contribution in [2.75, 3.05) is 13.1 Å². The largest absolute Gasteiger partial charge is 0.316 e. The number of rotatable bonds is 0. The number of carbonyl (C=O) groups excluding carboxylic acids is 1. The zero-order chi connectivity index (χ0) is 6.97. The maximum Gasteiger partial charge on any atom is 0.137 e. The highest BCUT2D eigenvalue weighted by Gasteiger charge is 2.31. The molecule has 1 aliphatic heterocycles. The topological polar surface area (TPSA) is 29.1 Å². The SMILES string of the molecule is O=C1CCC2CNCC1C2. The molecule has 56 valence electrons. The lowest BCUT2D eigenvalue weighted by molar-refractivity contribution is -0.126. The van der Waals surface area contributed by atoms with Crippen LogP contribution in [0, 0.1) is 11.8 Å².